The molecule has 2 aliphatic rings. The fourth-order valence-corrected chi connectivity index (χ4v) is 2.69. The van der Waals surface area contributed by atoms with Crippen molar-refractivity contribution in [2.45, 2.75) is 25.4 Å². The Morgan fingerprint density at radius 3 is 2.62 bits per heavy atom. The highest BCUT2D eigenvalue weighted by molar-refractivity contribution is 6.00. The molecule has 0 aromatic heterocycles. The van der Waals surface area contributed by atoms with Gasteiger partial charge in [0.1, 0.15) is 5.70 Å². The maximum Gasteiger partial charge on any atom is 0.354 e. The van der Waals surface area contributed by atoms with Crippen LogP contribution in [0.1, 0.15) is 28.8 Å². The molecule has 1 N–H and O–H groups in total. The zero-order valence-electron chi connectivity index (χ0n) is 13.5. The number of methoxy groups -OCH3 is 2. The Kier molecular flexibility index (Phi) is 4.24. The summed E-state index contributed by atoms with van der Waals surface area (Å²) in [6.07, 6.45) is 3.14. The molecule has 0 bridgehead atoms. The van der Waals surface area contributed by atoms with E-state index in [1.54, 1.807) is 12.1 Å². The van der Waals surface area contributed by atoms with Crippen molar-refractivity contribution in [1.82, 2.24) is 4.90 Å². The Balaban J connectivity index is 1.82. The van der Waals surface area contributed by atoms with Crippen LogP contribution in [0.3, 0.4) is 0 Å². The molecule has 24 heavy (non-hydrogen) atoms. The fourth-order valence-electron chi connectivity index (χ4n) is 2.69. The van der Waals surface area contributed by atoms with Gasteiger partial charge in [0.05, 0.1) is 20.3 Å². The van der Waals surface area contributed by atoms with Crippen molar-refractivity contribution in [3.8, 4) is 0 Å². The molecule has 3 rings (SSSR count). The molecule has 1 fully saturated rings. The van der Waals surface area contributed by atoms with Gasteiger partial charge in [0.15, 0.2) is 0 Å². The van der Waals surface area contributed by atoms with Crippen molar-refractivity contribution in [2.24, 2.45) is 0 Å². The summed E-state index contributed by atoms with van der Waals surface area (Å²) in [5.41, 5.74) is 2.15. The van der Waals surface area contributed by atoms with Crippen LogP contribution in [0.4, 0.5) is 5.69 Å². The van der Waals surface area contributed by atoms with Crippen LogP contribution in [0.15, 0.2) is 30.0 Å². The summed E-state index contributed by atoms with van der Waals surface area (Å²) in [5.74, 6) is -1.30. The SMILES string of the molecule is COC(=O)/C=C(/Nc1ccc2c(c1)CN(C1CC1)C2=O)C(=O)OC. The number of nitrogens with one attached hydrogen (secondary N) is 1. The molecule has 7 heteroatoms. The van der Waals surface area contributed by atoms with Gasteiger partial charge in [-0.1, -0.05) is 0 Å². The predicted octanol–water partition coefficient (Wildman–Crippen LogP) is 1.45. The molecule has 0 saturated heterocycles. The molecule has 1 heterocycles. The molecule has 1 amide bonds. The van der Waals surface area contributed by atoms with Crippen molar-refractivity contribution < 1.29 is 23.9 Å². The number of ether oxygens (including phenoxy) is 2. The van der Waals surface area contributed by atoms with E-state index in [0.29, 0.717) is 23.8 Å². The Labute approximate surface area is 139 Å². The minimum atomic E-state index is -0.684. The van der Waals surface area contributed by atoms with Gasteiger partial charge < -0.3 is 19.7 Å². The summed E-state index contributed by atoms with van der Waals surface area (Å²) in [4.78, 5) is 37.4. The first-order valence-corrected chi connectivity index (χ1v) is 7.62. The lowest BCUT2D eigenvalue weighted by molar-refractivity contribution is -0.138. The summed E-state index contributed by atoms with van der Waals surface area (Å²) in [5, 5.41) is 2.86. The van der Waals surface area contributed by atoms with E-state index in [2.05, 4.69) is 14.8 Å². The average molecular weight is 330 g/mol. The number of amides is 1. The largest absolute Gasteiger partial charge is 0.466 e. The zero-order chi connectivity index (χ0) is 17.3. The first-order chi connectivity index (χ1) is 11.5. The first kappa shape index (κ1) is 16.0. The van der Waals surface area contributed by atoms with E-state index in [0.717, 1.165) is 24.5 Å². The van der Waals surface area contributed by atoms with Crippen molar-refractivity contribution in [3.63, 3.8) is 0 Å². The Hall–Kier alpha value is -2.83. The third kappa shape index (κ3) is 3.10. The number of fused-ring (bicyclic) bond motifs is 1. The van der Waals surface area contributed by atoms with Gasteiger partial charge in [-0.2, -0.15) is 0 Å². The molecule has 7 nitrogen and oxygen atoms in total. The number of carbonyl (C=O) groups excluding carboxylic acids is 3. The molecule has 1 aromatic carbocycles. The van der Waals surface area contributed by atoms with E-state index < -0.39 is 11.9 Å². The Morgan fingerprint density at radius 1 is 1.25 bits per heavy atom. The monoisotopic (exact) mass is 330 g/mol. The number of benzene rings is 1. The van der Waals surface area contributed by atoms with Crippen molar-refractivity contribution in [3.05, 3.63) is 41.1 Å². The van der Waals surface area contributed by atoms with Gasteiger partial charge >= 0.3 is 11.9 Å². The van der Waals surface area contributed by atoms with Crippen LogP contribution in [0.25, 0.3) is 0 Å². The van der Waals surface area contributed by atoms with Gasteiger partial charge in [-0.25, -0.2) is 9.59 Å². The van der Waals surface area contributed by atoms with E-state index >= 15 is 0 Å². The van der Waals surface area contributed by atoms with Crippen LogP contribution < -0.4 is 5.32 Å². The van der Waals surface area contributed by atoms with Gasteiger partial charge in [-0.15, -0.1) is 0 Å². The number of nitrogens with zero attached hydrogens (tertiary/aromatic N) is 1. The summed E-state index contributed by atoms with van der Waals surface area (Å²) in [6.45, 7) is 0.572. The molecule has 0 spiro atoms. The standard InChI is InChI=1S/C17H18N2O5/c1-23-15(20)8-14(17(22)24-2)18-11-3-6-13-10(7-11)9-19(16(13)21)12-4-5-12/h3,6-8,12,18H,4-5,9H2,1-2H3/b14-8+. The minimum absolute atomic E-state index is 0.0346. The summed E-state index contributed by atoms with van der Waals surface area (Å²) >= 11 is 0. The third-order valence-electron chi connectivity index (χ3n) is 4.07. The normalized spacial score (nSPS) is 16.7. The number of esters is 2. The highest BCUT2D eigenvalue weighted by Gasteiger charge is 2.38. The first-order valence-electron chi connectivity index (χ1n) is 7.62. The predicted molar refractivity (Wildman–Crippen MR) is 85.1 cm³/mol. The van der Waals surface area contributed by atoms with Crippen LogP contribution in [0.2, 0.25) is 0 Å². The van der Waals surface area contributed by atoms with Gasteiger partial charge in [0.2, 0.25) is 0 Å². The van der Waals surface area contributed by atoms with Crippen molar-refractivity contribution >= 4 is 23.5 Å². The molecular formula is C17H18N2O5. The number of hydrogen-bond donors (Lipinski definition) is 1. The lowest BCUT2D eigenvalue weighted by atomic mass is 10.1. The number of anilines is 1. The Morgan fingerprint density at radius 2 is 2.00 bits per heavy atom. The van der Waals surface area contributed by atoms with E-state index in [1.807, 2.05) is 11.0 Å². The van der Waals surface area contributed by atoms with Crippen LogP contribution in [0.5, 0.6) is 0 Å². The molecule has 1 saturated carbocycles. The van der Waals surface area contributed by atoms with Crippen molar-refractivity contribution in [1.29, 1.82) is 0 Å². The molecule has 1 aliphatic carbocycles. The number of rotatable bonds is 5. The van der Waals surface area contributed by atoms with Crippen LogP contribution in [-0.4, -0.2) is 43.0 Å². The van der Waals surface area contributed by atoms with Gasteiger partial charge in [0, 0.05) is 23.8 Å². The number of carbonyl (C=O) groups is 3. The molecule has 0 radical (unpaired) electrons. The van der Waals surface area contributed by atoms with E-state index in [-0.39, 0.29) is 11.6 Å². The smallest absolute Gasteiger partial charge is 0.354 e. The third-order valence-corrected chi connectivity index (χ3v) is 4.07. The second-order valence-corrected chi connectivity index (χ2v) is 5.73. The molecule has 1 aromatic rings. The summed E-state index contributed by atoms with van der Waals surface area (Å²) < 4.78 is 9.19. The van der Waals surface area contributed by atoms with Crippen LogP contribution in [0, 0.1) is 0 Å². The quantitative estimate of drug-likeness (QED) is 0.650. The highest BCUT2D eigenvalue weighted by atomic mass is 16.5. The van der Waals surface area contributed by atoms with Crippen molar-refractivity contribution in [2.75, 3.05) is 19.5 Å². The molecular weight excluding hydrogens is 312 g/mol. The van der Waals surface area contributed by atoms with Gasteiger partial charge in [0.25, 0.3) is 5.91 Å². The zero-order valence-corrected chi connectivity index (χ0v) is 13.5. The molecule has 126 valence electrons. The van der Waals surface area contributed by atoms with Crippen LogP contribution >= 0.6 is 0 Å². The molecule has 0 unspecified atom stereocenters. The lowest BCUT2D eigenvalue weighted by Gasteiger charge is -2.13. The summed E-state index contributed by atoms with van der Waals surface area (Å²) in [7, 11) is 2.45. The average Bonchev–Trinajstić information content (AvgIpc) is 3.38. The lowest BCUT2D eigenvalue weighted by Crippen LogP contribution is -2.25. The van der Waals surface area contributed by atoms with E-state index in [1.165, 1.54) is 14.2 Å². The number of hydrogen-bond acceptors (Lipinski definition) is 6. The maximum absolute atomic E-state index is 12.3. The fraction of sp³-hybridized carbons (Fsp3) is 0.353. The second kappa shape index (κ2) is 6.35. The maximum atomic E-state index is 12.3. The topological polar surface area (TPSA) is 84.9 Å². The molecule has 1 aliphatic heterocycles. The summed E-state index contributed by atoms with van der Waals surface area (Å²) in [6, 6.07) is 5.59. The molecule has 0 atom stereocenters. The minimum Gasteiger partial charge on any atom is -0.466 e. The van der Waals surface area contributed by atoms with Crippen LogP contribution in [-0.2, 0) is 25.6 Å². The highest BCUT2D eigenvalue weighted by Crippen LogP contribution is 2.35. The Bertz CT molecular complexity index is 736. The van der Waals surface area contributed by atoms with Gasteiger partial charge in [-0.05, 0) is 36.6 Å². The van der Waals surface area contributed by atoms with E-state index in [9.17, 15) is 14.4 Å². The van der Waals surface area contributed by atoms with E-state index in [4.69, 9.17) is 0 Å². The second-order valence-electron chi connectivity index (χ2n) is 5.73. The van der Waals surface area contributed by atoms with Gasteiger partial charge in [-0.3, -0.25) is 4.79 Å².